The number of nitro benzene ring substituents is 1. The zero-order valence-electron chi connectivity index (χ0n) is 17.1. The number of carbonyl (C=O) groups is 1. The molecule has 2 unspecified atom stereocenters. The molecule has 3 aromatic rings. The number of nitrogens with one attached hydrogen (secondary N) is 1. The molecule has 2 saturated carbocycles. The SMILES string of the molecule is Cn1cnnc1Sc1ccc([N+](=O)[O-])cc1C(=O)Nc1ncc(C23CCCC2C3)cc1F. The Bertz CT molecular complexity index is 1250. The molecule has 2 fully saturated rings. The lowest BCUT2D eigenvalue weighted by Crippen LogP contribution is -2.16. The largest absolute Gasteiger partial charge is 0.311 e. The number of anilines is 1. The number of rotatable bonds is 6. The molecule has 0 aliphatic heterocycles. The third kappa shape index (κ3) is 3.52. The number of hydrogen-bond acceptors (Lipinski definition) is 7. The summed E-state index contributed by atoms with van der Waals surface area (Å²) in [5.74, 6) is -0.905. The second-order valence-electron chi connectivity index (χ2n) is 8.22. The van der Waals surface area contributed by atoms with Crippen LogP contribution in [0.25, 0.3) is 0 Å². The van der Waals surface area contributed by atoms with Gasteiger partial charge in [-0.15, -0.1) is 10.2 Å². The normalized spacial score (nSPS) is 21.2. The van der Waals surface area contributed by atoms with E-state index in [0.29, 0.717) is 16.0 Å². The van der Waals surface area contributed by atoms with E-state index in [-0.39, 0.29) is 22.5 Å². The number of non-ortho nitro benzene ring substituents is 1. The Kier molecular flexibility index (Phi) is 4.92. The second-order valence-corrected chi connectivity index (χ2v) is 9.23. The first-order valence-electron chi connectivity index (χ1n) is 10.1. The first-order chi connectivity index (χ1) is 15.4. The summed E-state index contributed by atoms with van der Waals surface area (Å²) < 4.78 is 16.5. The van der Waals surface area contributed by atoms with Gasteiger partial charge in [0, 0.05) is 35.7 Å². The minimum atomic E-state index is -0.694. The second kappa shape index (κ2) is 7.66. The highest BCUT2D eigenvalue weighted by molar-refractivity contribution is 7.99. The molecule has 5 rings (SSSR count). The van der Waals surface area contributed by atoms with E-state index in [2.05, 4.69) is 20.5 Å². The van der Waals surface area contributed by atoms with Gasteiger partial charge in [-0.1, -0.05) is 6.42 Å². The van der Waals surface area contributed by atoms with Gasteiger partial charge in [0.1, 0.15) is 6.33 Å². The van der Waals surface area contributed by atoms with Crippen molar-refractivity contribution in [1.29, 1.82) is 0 Å². The summed E-state index contributed by atoms with van der Waals surface area (Å²) in [7, 11) is 1.74. The van der Waals surface area contributed by atoms with E-state index in [4.69, 9.17) is 0 Å². The maximum atomic E-state index is 14.8. The van der Waals surface area contributed by atoms with Gasteiger partial charge in [0.15, 0.2) is 16.8 Å². The lowest BCUT2D eigenvalue weighted by molar-refractivity contribution is -0.384. The van der Waals surface area contributed by atoms with Crippen molar-refractivity contribution in [2.45, 2.75) is 41.2 Å². The summed E-state index contributed by atoms with van der Waals surface area (Å²) in [6.45, 7) is 0. The molecule has 2 aliphatic carbocycles. The molecular weight excluding hydrogens is 435 g/mol. The number of halogens is 1. The van der Waals surface area contributed by atoms with Gasteiger partial charge in [-0.25, -0.2) is 9.37 Å². The van der Waals surface area contributed by atoms with Crippen LogP contribution in [-0.4, -0.2) is 30.6 Å². The van der Waals surface area contributed by atoms with Crippen molar-refractivity contribution in [3.63, 3.8) is 0 Å². The molecule has 1 amide bonds. The summed E-state index contributed by atoms with van der Waals surface area (Å²) >= 11 is 1.13. The van der Waals surface area contributed by atoms with Crippen molar-refractivity contribution in [3.8, 4) is 0 Å². The maximum Gasteiger partial charge on any atom is 0.270 e. The number of amides is 1. The summed E-state index contributed by atoms with van der Waals surface area (Å²) in [6.07, 6.45) is 7.55. The summed E-state index contributed by atoms with van der Waals surface area (Å²) in [4.78, 5) is 28.2. The quantitative estimate of drug-likeness (QED) is 0.440. The number of aromatic nitrogens is 4. The molecule has 0 spiro atoms. The monoisotopic (exact) mass is 454 g/mol. The number of pyridine rings is 1. The van der Waals surface area contributed by atoms with Gasteiger partial charge in [-0.3, -0.25) is 14.9 Å². The van der Waals surface area contributed by atoms with Crippen molar-refractivity contribution in [2.24, 2.45) is 13.0 Å². The lowest BCUT2D eigenvalue weighted by atomic mass is 9.95. The number of aryl methyl sites for hydroxylation is 1. The predicted molar refractivity (Wildman–Crippen MR) is 114 cm³/mol. The Morgan fingerprint density at radius 3 is 2.88 bits per heavy atom. The molecule has 0 saturated heterocycles. The smallest absolute Gasteiger partial charge is 0.270 e. The molecule has 1 N–H and O–H groups in total. The van der Waals surface area contributed by atoms with Crippen LogP contribution in [0, 0.1) is 21.8 Å². The Morgan fingerprint density at radius 1 is 1.41 bits per heavy atom. The molecule has 9 nitrogen and oxygen atoms in total. The van der Waals surface area contributed by atoms with E-state index in [1.807, 2.05) is 0 Å². The molecular formula is C21H19FN6O3S. The Hall–Kier alpha value is -3.34. The minimum Gasteiger partial charge on any atom is -0.311 e. The van der Waals surface area contributed by atoms with Crippen LogP contribution < -0.4 is 5.32 Å². The van der Waals surface area contributed by atoms with Crippen molar-refractivity contribution in [3.05, 3.63) is 63.8 Å². The van der Waals surface area contributed by atoms with Gasteiger partial charge in [-0.05, 0) is 54.6 Å². The van der Waals surface area contributed by atoms with E-state index in [0.717, 1.165) is 42.7 Å². The van der Waals surface area contributed by atoms with Crippen molar-refractivity contribution in [2.75, 3.05) is 5.32 Å². The van der Waals surface area contributed by atoms with E-state index < -0.39 is 16.6 Å². The molecule has 0 bridgehead atoms. The van der Waals surface area contributed by atoms with E-state index in [1.165, 1.54) is 30.9 Å². The maximum absolute atomic E-state index is 14.8. The summed E-state index contributed by atoms with van der Waals surface area (Å²) in [6, 6.07) is 5.38. The average molecular weight is 454 g/mol. The Labute approximate surface area is 186 Å². The number of fused-ring (bicyclic) bond motifs is 1. The molecule has 2 atom stereocenters. The van der Waals surface area contributed by atoms with E-state index in [9.17, 15) is 19.3 Å². The molecule has 164 valence electrons. The minimum absolute atomic E-state index is 0.0223. The zero-order valence-corrected chi connectivity index (χ0v) is 17.9. The summed E-state index contributed by atoms with van der Waals surface area (Å²) in [5.41, 5.74) is 0.705. The number of nitrogens with zero attached hydrogens (tertiary/aromatic N) is 5. The third-order valence-corrected chi connectivity index (χ3v) is 7.47. The topological polar surface area (TPSA) is 116 Å². The van der Waals surface area contributed by atoms with Gasteiger partial charge in [0.2, 0.25) is 0 Å². The molecule has 11 heteroatoms. The fraction of sp³-hybridized carbons (Fsp3) is 0.333. The van der Waals surface area contributed by atoms with Crippen molar-refractivity contribution < 1.29 is 14.1 Å². The average Bonchev–Trinajstić information content (AvgIpc) is 3.08. The predicted octanol–water partition coefficient (Wildman–Crippen LogP) is 4.10. The standard InChI is InChI=1S/C21H19FN6O3S/c1-27-11-24-26-20(27)32-17-5-4-14(28(30)31)8-15(17)19(29)25-18-16(22)7-13(10-23-18)21-6-2-3-12(21)9-21/h4-5,7-8,10-12H,2-3,6,9H2,1H3,(H,23,25,29). The fourth-order valence-corrected chi connectivity index (χ4v) is 5.44. The fourth-order valence-electron chi connectivity index (χ4n) is 4.57. The molecule has 0 radical (unpaired) electrons. The summed E-state index contributed by atoms with van der Waals surface area (Å²) in [5, 5.41) is 22.0. The number of carbonyl (C=O) groups excluding carboxylic acids is 1. The molecule has 1 aromatic carbocycles. The van der Waals surface area contributed by atoms with Crippen LogP contribution in [0.4, 0.5) is 15.9 Å². The number of benzene rings is 1. The third-order valence-electron chi connectivity index (χ3n) is 6.35. The van der Waals surface area contributed by atoms with Gasteiger partial charge in [0.25, 0.3) is 11.6 Å². The van der Waals surface area contributed by atoms with E-state index in [1.54, 1.807) is 17.8 Å². The number of hydrogen-bond donors (Lipinski definition) is 1. The highest BCUT2D eigenvalue weighted by Crippen LogP contribution is 2.64. The van der Waals surface area contributed by atoms with Gasteiger partial charge in [-0.2, -0.15) is 0 Å². The van der Waals surface area contributed by atoms with E-state index >= 15 is 0 Å². The van der Waals surface area contributed by atoms with Crippen LogP contribution in [-0.2, 0) is 12.5 Å². The van der Waals surface area contributed by atoms with Gasteiger partial charge < -0.3 is 9.88 Å². The van der Waals surface area contributed by atoms with Crippen molar-refractivity contribution in [1.82, 2.24) is 19.7 Å². The molecule has 2 aromatic heterocycles. The lowest BCUT2D eigenvalue weighted by Gasteiger charge is -2.14. The van der Waals surface area contributed by atoms with Crippen LogP contribution >= 0.6 is 11.8 Å². The Morgan fingerprint density at radius 2 is 2.25 bits per heavy atom. The highest BCUT2D eigenvalue weighted by atomic mass is 32.2. The van der Waals surface area contributed by atoms with Gasteiger partial charge >= 0.3 is 0 Å². The Balaban J connectivity index is 1.42. The van der Waals surface area contributed by atoms with Gasteiger partial charge in [0.05, 0.1) is 10.5 Å². The zero-order chi connectivity index (χ0) is 22.5. The first kappa shape index (κ1) is 20.6. The van der Waals surface area contributed by atoms with Crippen LogP contribution in [0.2, 0.25) is 0 Å². The van der Waals surface area contributed by atoms with Crippen molar-refractivity contribution >= 4 is 29.2 Å². The highest BCUT2D eigenvalue weighted by Gasteiger charge is 2.57. The molecule has 32 heavy (non-hydrogen) atoms. The van der Waals surface area contributed by atoms with Crippen LogP contribution in [0.1, 0.15) is 41.6 Å². The molecule has 2 aliphatic rings. The number of nitro groups is 1. The van der Waals surface area contributed by atoms with Crippen LogP contribution in [0.15, 0.2) is 46.8 Å². The van der Waals surface area contributed by atoms with Crippen LogP contribution in [0.3, 0.4) is 0 Å². The first-order valence-corrected chi connectivity index (χ1v) is 11.0. The molecule has 2 heterocycles. The van der Waals surface area contributed by atoms with Crippen LogP contribution in [0.5, 0.6) is 0 Å².